The average molecular weight is 443 g/mol. The molecule has 1 saturated heterocycles. The van der Waals surface area contributed by atoms with E-state index in [9.17, 15) is 9.90 Å². The lowest BCUT2D eigenvalue weighted by Gasteiger charge is -2.38. The van der Waals surface area contributed by atoms with E-state index in [1.165, 1.54) is 0 Å². The number of aryl methyl sites for hydroxylation is 2. The number of aliphatic hydroxyl groups is 1. The molecule has 5 rings (SSSR count). The lowest BCUT2D eigenvalue weighted by molar-refractivity contribution is -0.0284. The van der Waals surface area contributed by atoms with Crippen LogP contribution >= 0.6 is 0 Å². The van der Waals surface area contributed by atoms with E-state index in [0.717, 1.165) is 22.3 Å². The summed E-state index contributed by atoms with van der Waals surface area (Å²) in [7, 11) is 0. The van der Waals surface area contributed by atoms with Gasteiger partial charge in [-0.2, -0.15) is 0 Å². The van der Waals surface area contributed by atoms with Crippen molar-refractivity contribution < 1.29 is 9.90 Å². The summed E-state index contributed by atoms with van der Waals surface area (Å²) in [6.07, 6.45) is 8.09. The third kappa shape index (κ3) is 4.21. The van der Waals surface area contributed by atoms with Crippen LogP contribution in [0.15, 0.2) is 55.1 Å². The maximum atomic E-state index is 12.9. The summed E-state index contributed by atoms with van der Waals surface area (Å²) in [6, 6.07) is 9.88. The molecule has 1 N–H and O–H groups in total. The highest BCUT2D eigenvalue weighted by Gasteiger charge is 2.35. The first-order chi connectivity index (χ1) is 15.9. The fourth-order valence-electron chi connectivity index (χ4n) is 4.46. The largest absolute Gasteiger partial charge is 0.388 e. The molecule has 1 aliphatic heterocycles. The van der Waals surface area contributed by atoms with Crippen LogP contribution in [-0.4, -0.2) is 59.1 Å². The molecule has 0 spiro atoms. The van der Waals surface area contributed by atoms with Gasteiger partial charge in [0.1, 0.15) is 5.82 Å². The van der Waals surface area contributed by atoms with Gasteiger partial charge in [-0.3, -0.25) is 9.78 Å². The Morgan fingerprint density at radius 3 is 2.55 bits per heavy atom. The highest BCUT2D eigenvalue weighted by Crippen LogP contribution is 2.28. The zero-order valence-corrected chi connectivity index (χ0v) is 18.8. The van der Waals surface area contributed by atoms with Gasteiger partial charge in [-0.15, -0.1) is 0 Å². The van der Waals surface area contributed by atoms with Crippen molar-refractivity contribution in [3.8, 4) is 11.3 Å². The second-order valence-corrected chi connectivity index (χ2v) is 8.71. The minimum absolute atomic E-state index is 0.0752. The summed E-state index contributed by atoms with van der Waals surface area (Å²) in [5, 5.41) is 11.3. The number of hydrogen-bond donors (Lipinski definition) is 1. The maximum absolute atomic E-state index is 12.9. The van der Waals surface area contributed by atoms with Crippen LogP contribution in [0.25, 0.3) is 22.3 Å². The SMILES string of the molecule is Cc1ncc(C(=O)N2CCC(O)(Cn3ccc4nc(-c5ccncc5)ccc43)CC2)c(C)n1. The molecule has 8 heteroatoms. The number of fused-ring (bicyclic) bond motifs is 1. The van der Waals surface area contributed by atoms with Crippen molar-refractivity contribution in [2.45, 2.75) is 38.8 Å². The van der Waals surface area contributed by atoms with Gasteiger partial charge in [0.25, 0.3) is 5.91 Å². The Kier molecular flexibility index (Phi) is 5.38. The van der Waals surface area contributed by atoms with Crippen LogP contribution in [0.1, 0.15) is 34.7 Å². The number of amides is 1. The molecule has 0 atom stereocenters. The molecule has 33 heavy (non-hydrogen) atoms. The van der Waals surface area contributed by atoms with Crippen LogP contribution in [0.5, 0.6) is 0 Å². The van der Waals surface area contributed by atoms with Crippen LogP contribution in [0.4, 0.5) is 0 Å². The van der Waals surface area contributed by atoms with Crippen molar-refractivity contribution in [2.75, 3.05) is 13.1 Å². The smallest absolute Gasteiger partial charge is 0.257 e. The average Bonchev–Trinajstić information content (AvgIpc) is 3.21. The van der Waals surface area contributed by atoms with E-state index in [1.54, 1.807) is 23.5 Å². The highest BCUT2D eigenvalue weighted by atomic mass is 16.3. The van der Waals surface area contributed by atoms with E-state index in [2.05, 4.69) is 15.0 Å². The van der Waals surface area contributed by atoms with Crippen molar-refractivity contribution in [1.82, 2.24) is 29.4 Å². The van der Waals surface area contributed by atoms with Gasteiger partial charge < -0.3 is 14.6 Å². The first kappa shape index (κ1) is 21.2. The number of piperidine rings is 1. The molecule has 5 heterocycles. The van der Waals surface area contributed by atoms with Crippen molar-refractivity contribution in [3.63, 3.8) is 0 Å². The summed E-state index contributed by atoms with van der Waals surface area (Å²) in [4.78, 5) is 32.0. The molecule has 0 aliphatic carbocycles. The van der Waals surface area contributed by atoms with Gasteiger partial charge in [-0.05, 0) is 57.0 Å². The molecule has 0 unspecified atom stereocenters. The predicted molar refractivity (Wildman–Crippen MR) is 125 cm³/mol. The van der Waals surface area contributed by atoms with Crippen molar-refractivity contribution in [3.05, 3.63) is 72.2 Å². The number of carbonyl (C=O) groups is 1. The van der Waals surface area contributed by atoms with Gasteiger partial charge >= 0.3 is 0 Å². The van der Waals surface area contributed by atoms with Gasteiger partial charge in [0, 0.05) is 43.4 Å². The second kappa shape index (κ2) is 8.37. The quantitative estimate of drug-likeness (QED) is 0.521. The van der Waals surface area contributed by atoms with Gasteiger partial charge in [0.2, 0.25) is 0 Å². The molecule has 0 saturated carbocycles. The molecule has 4 aromatic rings. The molecule has 0 radical (unpaired) electrons. The van der Waals surface area contributed by atoms with E-state index in [4.69, 9.17) is 4.98 Å². The number of nitrogens with zero attached hydrogens (tertiary/aromatic N) is 6. The normalized spacial score (nSPS) is 15.7. The van der Waals surface area contributed by atoms with E-state index in [-0.39, 0.29) is 5.91 Å². The fraction of sp³-hybridized carbons (Fsp3) is 0.320. The number of hydrogen-bond acceptors (Lipinski definition) is 6. The molecule has 4 aromatic heterocycles. The van der Waals surface area contributed by atoms with E-state index >= 15 is 0 Å². The van der Waals surface area contributed by atoms with Gasteiger partial charge in [0.15, 0.2) is 0 Å². The summed E-state index contributed by atoms with van der Waals surface area (Å²) in [6.45, 7) is 5.08. The second-order valence-electron chi connectivity index (χ2n) is 8.71. The first-order valence-electron chi connectivity index (χ1n) is 11.1. The van der Waals surface area contributed by atoms with E-state index < -0.39 is 5.60 Å². The maximum Gasteiger partial charge on any atom is 0.257 e. The number of aromatic nitrogens is 5. The monoisotopic (exact) mass is 442 g/mol. The number of likely N-dealkylation sites (tertiary alicyclic amines) is 1. The fourth-order valence-corrected chi connectivity index (χ4v) is 4.46. The van der Waals surface area contributed by atoms with Gasteiger partial charge in [0.05, 0.1) is 40.1 Å². The minimum Gasteiger partial charge on any atom is -0.388 e. The standard InChI is InChI=1S/C25H26N6O2/c1-17-20(15-27-18(2)28-17)24(32)30-13-8-25(33,9-14-30)16-31-12-7-22-23(31)4-3-21(29-22)19-5-10-26-11-6-19/h3-7,10-12,15,33H,8-9,13-14,16H2,1-2H3. The Morgan fingerprint density at radius 2 is 1.82 bits per heavy atom. The Hall–Kier alpha value is -3.65. The molecular weight excluding hydrogens is 416 g/mol. The van der Waals surface area contributed by atoms with E-state index in [1.807, 2.05) is 54.9 Å². The summed E-state index contributed by atoms with van der Waals surface area (Å²) >= 11 is 0. The predicted octanol–water partition coefficient (Wildman–Crippen LogP) is 3.17. The molecule has 8 nitrogen and oxygen atoms in total. The Labute approximate surface area is 192 Å². The van der Waals surface area contributed by atoms with Gasteiger partial charge in [-0.1, -0.05) is 0 Å². The Balaban J connectivity index is 1.29. The Morgan fingerprint density at radius 1 is 1.06 bits per heavy atom. The molecule has 1 fully saturated rings. The van der Waals surface area contributed by atoms with Crippen molar-refractivity contribution >= 4 is 16.9 Å². The lowest BCUT2D eigenvalue weighted by atomic mass is 9.91. The van der Waals surface area contributed by atoms with Crippen LogP contribution in [0.3, 0.4) is 0 Å². The number of pyridine rings is 2. The molecule has 168 valence electrons. The number of carbonyl (C=O) groups excluding carboxylic acids is 1. The summed E-state index contributed by atoms with van der Waals surface area (Å²) in [5.41, 5.74) is 4.10. The zero-order valence-electron chi connectivity index (χ0n) is 18.8. The van der Waals surface area contributed by atoms with Crippen molar-refractivity contribution in [2.24, 2.45) is 0 Å². The van der Waals surface area contributed by atoms with Gasteiger partial charge in [-0.25, -0.2) is 15.0 Å². The van der Waals surface area contributed by atoms with Crippen LogP contribution < -0.4 is 0 Å². The third-order valence-electron chi connectivity index (χ3n) is 6.38. The topological polar surface area (TPSA) is 97.0 Å². The lowest BCUT2D eigenvalue weighted by Crippen LogP contribution is -2.48. The molecule has 1 amide bonds. The summed E-state index contributed by atoms with van der Waals surface area (Å²) in [5.74, 6) is 0.576. The highest BCUT2D eigenvalue weighted by molar-refractivity contribution is 5.95. The first-order valence-corrected chi connectivity index (χ1v) is 11.1. The third-order valence-corrected chi connectivity index (χ3v) is 6.38. The summed E-state index contributed by atoms with van der Waals surface area (Å²) < 4.78 is 2.05. The minimum atomic E-state index is -0.884. The van der Waals surface area contributed by atoms with Crippen LogP contribution in [0, 0.1) is 13.8 Å². The molecule has 1 aliphatic rings. The van der Waals surface area contributed by atoms with Crippen molar-refractivity contribution in [1.29, 1.82) is 0 Å². The molecular formula is C25H26N6O2. The van der Waals surface area contributed by atoms with Crippen LogP contribution in [-0.2, 0) is 6.54 Å². The molecule has 0 bridgehead atoms. The zero-order chi connectivity index (χ0) is 23.0. The van der Waals surface area contributed by atoms with E-state index in [0.29, 0.717) is 49.6 Å². The van der Waals surface area contributed by atoms with Crippen LogP contribution in [0.2, 0.25) is 0 Å². The Bertz CT molecular complexity index is 1310. The molecule has 0 aromatic carbocycles. The number of rotatable bonds is 4.